The quantitative estimate of drug-likeness (QED) is 0.732. The number of carbonyl (C=O) groups is 1. The van der Waals surface area contributed by atoms with E-state index >= 15 is 0 Å². The van der Waals surface area contributed by atoms with Gasteiger partial charge in [-0.1, -0.05) is 5.21 Å². The molecule has 1 N–H and O–H groups in total. The first-order valence-electron chi connectivity index (χ1n) is 5.90. The first-order valence-corrected chi connectivity index (χ1v) is 5.90. The average molecular weight is 266 g/mol. The normalized spacial score (nSPS) is 10.4. The van der Waals surface area contributed by atoms with Gasteiger partial charge in [-0.3, -0.25) is 9.78 Å². The van der Waals surface area contributed by atoms with E-state index in [1.165, 1.54) is 0 Å². The number of rotatable bonds is 3. The highest BCUT2D eigenvalue weighted by Gasteiger charge is 2.15. The zero-order valence-electron chi connectivity index (χ0n) is 10.3. The third kappa shape index (κ3) is 2.03. The van der Waals surface area contributed by atoms with Gasteiger partial charge in [-0.25, -0.2) is 4.68 Å². The van der Waals surface area contributed by atoms with Crippen LogP contribution in [0.15, 0.2) is 48.8 Å². The third-order valence-electron chi connectivity index (χ3n) is 2.86. The second kappa shape index (κ2) is 4.93. The van der Waals surface area contributed by atoms with Gasteiger partial charge in [-0.05, 0) is 36.4 Å². The molecular formula is C14H10N4O2. The van der Waals surface area contributed by atoms with Crippen molar-refractivity contribution in [2.75, 3.05) is 0 Å². The van der Waals surface area contributed by atoms with Gasteiger partial charge in [0.25, 0.3) is 0 Å². The minimum Gasteiger partial charge on any atom is -0.508 e. The predicted octanol–water partition coefficient (Wildman–Crippen LogP) is 1.85. The van der Waals surface area contributed by atoms with Gasteiger partial charge in [0.15, 0.2) is 12.0 Å². The smallest absolute Gasteiger partial charge is 0.172 e. The van der Waals surface area contributed by atoms with Crippen LogP contribution in [0.4, 0.5) is 0 Å². The van der Waals surface area contributed by atoms with Crippen LogP contribution < -0.4 is 0 Å². The highest BCUT2D eigenvalue weighted by atomic mass is 16.3. The van der Waals surface area contributed by atoms with Crippen molar-refractivity contribution in [3.8, 4) is 22.7 Å². The van der Waals surface area contributed by atoms with Crippen LogP contribution in [0, 0.1) is 0 Å². The number of aromatic hydroxyl groups is 1. The van der Waals surface area contributed by atoms with E-state index in [0.717, 1.165) is 5.56 Å². The highest BCUT2D eigenvalue weighted by molar-refractivity contribution is 5.83. The lowest BCUT2D eigenvalue weighted by Gasteiger charge is -2.06. The summed E-state index contributed by atoms with van der Waals surface area (Å²) in [6, 6.07) is 10.1. The first kappa shape index (κ1) is 12.0. The number of benzene rings is 1. The molecular weight excluding hydrogens is 256 g/mol. The fraction of sp³-hybridized carbons (Fsp3) is 0. The Hall–Kier alpha value is -3.02. The Labute approximate surface area is 114 Å². The minimum atomic E-state index is 0.162. The van der Waals surface area contributed by atoms with Gasteiger partial charge in [0.1, 0.15) is 11.4 Å². The van der Waals surface area contributed by atoms with Gasteiger partial charge >= 0.3 is 0 Å². The molecule has 2 heterocycles. The molecule has 20 heavy (non-hydrogen) atoms. The Bertz CT molecular complexity index is 736. The largest absolute Gasteiger partial charge is 0.508 e. The summed E-state index contributed by atoms with van der Waals surface area (Å²) in [5.74, 6) is 0.162. The lowest BCUT2D eigenvalue weighted by molar-refractivity contribution is 0.111. The molecule has 0 spiro atoms. The van der Waals surface area contributed by atoms with Crippen LogP contribution in [0.3, 0.4) is 0 Å². The summed E-state index contributed by atoms with van der Waals surface area (Å²) in [5, 5.41) is 17.2. The lowest BCUT2D eigenvalue weighted by atomic mass is 10.1. The van der Waals surface area contributed by atoms with Crippen molar-refractivity contribution >= 4 is 6.29 Å². The molecule has 0 saturated carbocycles. The molecule has 1 aromatic carbocycles. The van der Waals surface area contributed by atoms with E-state index in [2.05, 4.69) is 15.3 Å². The summed E-state index contributed by atoms with van der Waals surface area (Å²) in [7, 11) is 0. The number of phenolic OH excluding ortho intramolecular Hbond substituents is 1. The van der Waals surface area contributed by atoms with Crippen LogP contribution in [-0.4, -0.2) is 31.4 Å². The molecule has 0 saturated heterocycles. The maximum atomic E-state index is 11.1. The summed E-state index contributed by atoms with van der Waals surface area (Å²) in [6.45, 7) is 0. The SMILES string of the molecule is O=Cc1nnn(-c2ccc(O)cc2)c1-c1ccncc1. The maximum absolute atomic E-state index is 11.1. The maximum Gasteiger partial charge on any atom is 0.172 e. The van der Waals surface area contributed by atoms with Crippen molar-refractivity contribution in [2.45, 2.75) is 0 Å². The molecule has 3 rings (SSSR count). The highest BCUT2D eigenvalue weighted by Crippen LogP contribution is 2.24. The zero-order chi connectivity index (χ0) is 13.9. The summed E-state index contributed by atoms with van der Waals surface area (Å²) < 4.78 is 1.55. The monoisotopic (exact) mass is 266 g/mol. The molecule has 0 aliphatic rings. The molecule has 0 bridgehead atoms. The minimum absolute atomic E-state index is 0.162. The lowest BCUT2D eigenvalue weighted by Crippen LogP contribution is -1.99. The number of carbonyl (C=O) groups excluding carboxylic acids is 1. The molecule has 0 radical (unpaired) electrons. The van der Waals surface area contributed by atoms with Crippen LogP contribution in [-0.2, 0) is 0 Å². The van der Waals surface area contributed by atoms with Gasteiger partial charge in [0, 0.05) is 18.0 Å². The summed E-state index contributed by atoms with van der Waals surface area (Å²) in [5.41, 5.74) is 2.34. The van der Waals surface area contributed by atoms with Gasteiger partial charge in [-0.2, -0.15) is 0 Å². The molecule has 98 valence electrons. The van der Waals surface area contributed by atoms with Gasteiger partial charge in [0.05, 0.1) is 5.69 Å². The van der Waals surface area contributed by atoms with Crippen LogP contribution in [0.1, 0.15) is 10.5 Å². The van der Waals surface area contributed by atoms with E-state index in [9.17, 15) is 9.90 Å². The number of nitrogens with zero attached hydrogens (tertiary/aromatic N) is 4. The van der Waals surface area contributed by atoms with Gasteiger partial charge in [-0.15, -0.1) is 5.10 Å². The summed E-state index contributed by atoms with van der Waals surface area (Å²) >= 11 is 0. The average Bonchev–Trinajstić information content (AvgIpc) is 2.93. The molecule has 0 amide bonds. The van der Waals surface area contributed by atoms with Crippen molar-refractivity contribution in [1.29, 1.82) is 0 Å². The number of pyridine rings is 1. The Kier molecular flexibility index (Phi) is 2.96. The van der Waals surface area contributed by atoms with Crippen molar-refractivity contribution in [3.63, 3.8) is 0 Å². The van der Waals surface area contributed by atoms with E-state index < -0.39 is 0 Å². The standard InChI is InChI=1S/C14H10N4O2/c19-9-13-14(10-5-7-15-8-6-10)18(17-16-13)11-1-3-12(20)4-2-11/h1-9,20H. The zero-order valence-corrected chi connectivity index (χ0v) is 10.3. The van der Waals surface area contributed by atoms with E-state index in [-0.39, 0.29) is 11.4 Å². The Morgan fingerprint density at radius 2 is 1.75 bits per heavy atom. The molecule has 2 aromatic heterocycles. The van der Waals surface area contributed by atoms with E-state index in [1.807, 2.05) is 0 Å². The van der Waals surface area contributed by atoms with E-state index in [1.54, 1.807) is 53.5 Å². The Balaban J connectivity index is 2.20. The molecule has 0 fully saturated rings. The van der Waals surface area contributed by atoms with Crippen LogP contribution >= 0.6 is 0 Å². The van der Waals surface area contributed by atoms with Crippen LogP contribution in [0.5, 0.6) is 5.75 Å². The first-order chi connectivity index (χ1) is 9.79. The molecule has 0 atom stereocenters. The van der Waals surface area contributed by atoms with E-state index in [0.29, 0.717) is 17.7 Å². The molecule has 3 aromatic rings. The summed E-state index contributed by atoms with van der Waals surface area (Å²) in [6.07, 6.45) is 3.94. The molecule has 0 aliphatic heterocycles. The summed E-state index contributed by atoms with van der Waals surface area (Å²) in [4.78, 5) is 15.1. The van der Waals surface area contributed by atoms with E-state index in [4.69, 9.17) is 0 Å². The number of aldehydes is 1. The van der Waals surface area contributed by atoms with Crippen molar-refractivity contribution in [1.82, 2.24) is 20.0 Å². The Morgan fingerprint density at radius 1 is 1.05 bits per heavy atom. The fourth-order valence-electron chi connectivity index (χ4n) is 1.93. The Morgan fingerprint density at radius 3 is 2.40 bits per heavy atom. The van der Waals surface area contributed by atoms with Crippen molar-refractivity contribution in [3.05, 3.63) is 54.5 Å². The van der Waals surface area contributed by atoms with Crippen molar-refractivity contribution in [2.24, 2.45) is 0 Å². The van der Waals surface area contributed by atoms with Gasteiger partial charge in [0.2, 0.25) is 0 Å². The number of phenols is 1. The molecule has 0 aliphatic carbocycles. The van der Waals surface area contributed by atoms with Crippen LogP contribution in [0.25, 0.3) is 16.9 Å². The molecule has 6 heteroatoms. The second-order valence-corrected chi connectivity index (χ2v) is 4.11. The number of hydrogen-bond acceptors (Lipinski definition) is 5. The number of aromatic nitrogens is 4. The molecule has 0 unspecified atom stereocenters. The second-order valence-electron chi connectivity index (χ2n) is 4.11. The topological polar surface area (TPSA) is 80.9 Å². The van der Waals surface area contributed by atoms with Gasteiger partial charge < -0.3 is 5.11 Å². The fourth-order valence-corrected chi connectivity index (χ4v) is 1.93. The molecule has 6 nitrogen and oxygen atoms in total. The van der Waals surface area contributed by atoms with Crippen molar-refractivity contribution < 1.29 is 9.90 Å². The number of hydrogen-bond donors (Lipinski definition) is 1. The third-order valence-corrected chi connectivity index (χ3v) is 2.86. The van der Waals surface area contributed by atoms with Crippen LogP contribution in [0.2, 0.25) is 0 Å². The predicted molar refractivity (Wildman–Crippen MR) is 71.6 cm³/mol.